The maximum Gasteiger partial charge on any atom is 0.221 e. The van der Waals surface area contributed by atoms with Crippen molar-refractivity contribution in [3.05, 3.63) is 0 Å². The second kappa shape index (κ2) is 2.78. The van der Waals surface area contributed by atoms with Crippen LogP contribution >= 0.6 is 0 Å². The summed E-state index contributed by atoms with van der Waals surface area (Å²) in [6.07, 6.45) is 3.14. The van der Waals surface area contributed by atoms with Crippen molar-refractivity contribution in [1.82, 2.24) is 5.32 Å². The highest BCUT2D eigenvalue weighted by atomic mass is 16.2. The van der Waals surface area contributed by atoms with Gasteiger partial charge in [-0.05, 0) is 38.0 Å². The first kappa shape index (κ1) is 11.0. The van der Waals surface area contributed by atoms with E-state index in [1.807, 2.05) is 0 Å². The van der Waals surface area contributed by atoms with E-state index in [1.54, 1.807) is 0 Å². The maximum absolute atomic E-state index is 11.7. The van der Waals surface area contributed by atoms with Crippen molar-refractivity contribution >= 4 is 5.91 Å². The number of hydrogen-bond donors (Lipinski definition) is 1. The molecule has 1 saturated heterocycles. The zero-order valence-electron chi connectivity index (χ0n) is 10.6. The molecule has 0 radical (unpaired) electrons. The highest BCUT2D eigenvalue weighted by Crippen LogP contribution is 2.61. The SMILES string of the molecule is CC1CC(C)(C)CC12CC(=O)NC2(C)C. The van der Waals surface area contributed by atoms with E-state index in [0.717, 1.165) is 6.42 Å². The monoisotopic (exact) mass is 209 g/mol. The third-order valence-electron chi connectivity index (χ3n) is 4.77. The van der Waals surface area contributed by atoms with Gasteiger partial charge in [0.25, 0.3) is 0 Å². The highest BCUT2D eigenvalue weighted by molar-refractivity contribution is 5.81. The van der Waals surface area contributed by atoms with Crippen LogP contribution in [0.25, 0.3) is 0 Å². The lowest BCUT2D eigenvalue weighted by Gasteiger charge is -2.41. The van der Waals surface area contributed by atoms with Gasteiger partial charge in [-0.25, -0.2) is 0 Å². The van der Waals surface area contributed by atoms with Crippen LogP contribution < -0.4 is 5.32 Å². The Bertz CT molecular complexity index is 306. The Balaban J connectivity index is 2.39. The van der Waals surface area contributed by atoms with Crippen LogP contribution in [0.3, 0.4) is 0 Å². The number of carbonyl (C=O) groups excluding carboxylic acids is 1. The summed E-state index contributed by atoms with van der Waals surface area (Å²) in [7, 11) is 0. The normalized spacial score (nSPS) is 42.2. The molecule has 2 fully saturated rings. The first-order valence-corrected chi connectivity index (χ1v) is 6.00. The fourth-order valence-corrected chi connectivity index (χ4v) is 4.22. The van der Waals surface area contributed by atoms with E-state index in [9.17, 15) is 4.79 Å². The Kier molecular flexibility index (Phi) is 2.03. The van der Waals surface area contributed by atoms with Crippen molar-refractivity contribution in [3.8, 4) is 0 Å². The predicted molar refractivity (Wildman–Crippen MR) is 61.5 cm³/mol. The highest BCUT2D eigenvalue weighted by Gasteiger charge is 2.60. The van der Waals surface area contributed by atoms with Crippen molar-refractivity contribution in [1.29, 1.82) is 0 Å². The summed E-state index contributed by atoms with van der Waals surface area (Å²) in [5, 5.41) is 3.16. The molecule has 1 aliphatic heterocycles. The Morgan fingerprint density at radius 3 is 2.20 bits per heavy atom. The predicted octanol–water partition coefficient (Wildman–Crippen LogP) is 2.73. The van der Waals surface area contributed by atoms with Crippen molar-refractivity contribution in [3.63, 3.8) is 0 Å². The first-order valence-electron chi connectivity index (χ1n) is 6.00. The Labute approximate surface area is 92.8 Å². The van der Waals surface area contributed by atoms with E-state index in [4.69, 9.17) is 0 Å². The van der Waals surface area contributed by atoms with Crippen LogP contribution in [0.2, 0.25) is 0 Å². The van der Waals surface area contributed by atoms with Gasteiger partial charge in [-0.1, -0.05) is 20.8 Å². The summed E-state index contributed by atoms with van der Waals surface area (Å²) in [6, 6.07) is 0. The molecule has 86 valence electrons. The zero-order valence-corrected chi connectivity index (χ0v) is 10.6. The van der Waals surface area contributed by atoms with Gasteiger partial charge in [0.1, 0.15) is 0 Å². The fraction of sp³-hybridized carbons (Fsp3) is 0.923. The van der Waals surface area contributed by atoms with E-state index < -0.39 is 0 Å². The summed E-state index contributed by atoms with van der Waals surface area (Å²) in [6.45, 7) is 11.4. The lowest BCUT2D eigenvalue weighted by Crippen LogP contribution is -2.48. The second-order valence-electron chi connectivity index (χ2n) is 6.95. The first-order chi connectivity index (χ1) is 6.69. The molecule has 1 saturated carbocycles. The van der Waals surface area contributed by atoms with Crippen LogP contribution in [0.1, 0.15) is 53.9 Å². The lowest BCUT2D eigenvalue weighted by molar-refractivity contribution is -0.120. The van der Waals surface area contributed by atoms with E-state index in [1.165, 1.54) is 12.8 Å². The van der Waals surface area contributed by atoms with Crippen molar-refractivity contribution in [2.45, 2.75) is 59.4 Å². The van der Waals surface area contributed by atoms with Crippen LogP contribution in [-0.2, 0) is 4.79 Å². The summed E-state index contributed by atoms with van der Waals surface area (Å²) in [5.74, 6) is 0.881. The molecule has 2 atom stereocenters. The topological polar surface area (TPSA) is 29.1 Å². The minimum atomic E-state index is -0.0305. The average Bonchev–Trinajstić information content (AvgIpc) is 2.31. The van der Waals surface area contributed by atoms with E-state index in [0.29, 0.717) is 11.3 Å². The average molecular weight is 209 g/mol. The van der Waals surface area contributed by atoms with Gasteiger partial charge in [0, 0.05) is 17.4 Å². The van der Waals surface area contributed by atoms with Gasteiger partial charge in [-0.15, -0.1) is 0 Å². The Hall–Kier alpha value is -0.530. The van der Waals surface area contributed by atoms with Gasteiger partial charge < -0.3 is 5.32 Å². The number of rotatable bonds is 0. The third-order valence-corrected chi connectivity index (χ3v) is 4.77. The summed E-state index contributed by atoms with van der Waals surface area (Å²) in [5.41, 5.74) is 0.549. The molecular formula is C13H23NO. The van der Waals surface area contributed by atoms with Gasteiger partial charge >= 0.3 is 0 Å². The molecule has 1 aliphatic carbocycles. The van der Waals surface area contributed by atoms with E-state index in [-0.39, 0.29) is 16.9 Å². The third kappa shape index (κ3) is 1.41. The molecule has 2 nitrogen and oxygen atoms in total. The quantitative estimate of drug-likeness (QED) is 0.653. The van der Waals surface area contributed by atoms with Gasteiger partial charge in [-0.2, -0.15) is 0 Å². The molecule has 2 rings (SSSR count). The molecule has 1 amide bonds. The van der Waals surface area contributed by atoms with Crippen LogP contribution in [0.15, 0.2) is 0 Å². The molecule has 0 bridgehead atoms. The largest absolute Gasteiger partial charge is 0.351 e. The standard InChI is InChI=1S/C13H23NO/c1-9-6-11(2,3)8-13(9)7-10(15)14-12(13,4)5/h9H,6-8H2,1-5H3,(H,14,15). The van der Waals surface area contributed by atoms with E-state index >= 15 is 0 Å². The van der Waals surface area contributed by atoms with Gasteiger partial charge in [-0.3, -0.25) is 4.79 Å². The smallest absolute Gasteiger partial charge is 0.221 e. The Morgan fingerprint density at radius 1 is 1.27 bits per heavy atom. The molecule has 1 spiro atoms. The van der Waals surface area contributed by atoms with E-state index in [2.05, 4.69) is 39.9 Å². The number of amides is 1. The van der Waals surface area contributed by atoms with Gasteiger partial charge in [0.2, 0.25) is 5.91 Å². The minimum absolute atomic E-state index is 0.0305. The molecule has 2 unspecified atom stereocenters. The molecule has 0 aromatic rings. The zero-order chi connectivity index (χ0) is 11.5. The molecule has 15 heavy (non-hydrogen) atoms. The minimum Gasteiger partial charge on any atom is -0.351 e. The van der Waals surface area contributed by atoms with Crippen LogP contribution in [0.5, 0.6) is 0 Å². The van der Waals surface area contributed by atoms with Crippen molar-refractivity contribution in [2.24, 2.45) is 16.7 Å². The molecule has 0 aromatic carbocycles. The summed E-state index contributed by atoms with van der Waals surface area (Å²) >= 11 is 0. The van der Waals surface area contributed by atoms with Gasteiger partial charge in [0.05, 0.1) is 0 Å². The summed E-state index contributed by atoms with van der Waals surface area (Å²) in [4.78, 5) is 11.7. The Morgan fingerprint density at radius 2 is 1.87 bits per heavy atom. The van der Waals surface area contributed by atoms with Crippen LogP contribution in [-0.4, -0.2) is 11.4 Å². The molecule has 2 aliphatic rings. The number of carbonyl (C=O) groups is 1. The summed E-state index contributed by atoms with van der Waals surface area (Å²) < 4.78 is 0. The van der Waals surface area contributed by atoms with Crippen LogP contribution in [0, 0.1) is 16.7 Å². The molecule has 2 heteroatoms. The fourth-order valence-electron chi connectivity index (χ4n) is 4.22. The second-order valence-corrected chi connectivity index (χ2v) is 6.95. The number of nitrogens with one attached hydrogen (secondary N) is 1. The lowest BCUT2D eigenvalue weighted by atomic mass is 9.65. The van der Waals surface area contributed by atoms with Crippen LogP contribution in [0.4, 0.5) is 0 Å². The van der Waals surface area contributed by atoms with Crippen molar-refractivity contribution < 1.29 is 4.79 Å². The van der Waals surface area contributed by atoms with Crippen molar-refractivity contribution in [2.75, 3.05) is 0 Å². The molecule has 0 aromatic heterocycles. The number of hydrogen-bond acceptors (Lipinski definition) is 1. The molecule has 1 N–H and O–H groups in total. The molecular weight excluding hydrogens is 186 g/mol. The maximum atomic E-state index is 11.7. The van der Waals surface area contributed by atoms with Gasteiger partial charge in [0.15, 0.2) is 0 Å². The molecule has 1 heterocycles.